The van der Waals surface area contributed by atoms with E-state index in [1.54, 1.807) is 19.3 Å². The molecule has 1 saturated carbocycles. The summed E-state index contributed by atoms with van der Waals surface area (Å²) in [5.74, 6) is 0.589. The SMILES string of the molecule is CNCc1ccnc(OC2CCC(C)CC2)c1F. The summed E-state index contributed by atoms with van der Waals surface area (Å²) in [5, 5.41) is 2.94. The van der Waals surface area contributed by atoms with E-state index in [1.807, 2.05) is 0 Å². The van der Waals surface area contributed by atoms with Crippen molar-refractivity contribution in [3.05, 3.63) is 23.6 Å². The highest BCUT2D eigenvalue weighted by atomic mass is 19.1. The van der Waals surface area contributed by atoms with Gasteiger partial charge >= 0.3 is 0 Å². The van der Waals surface area contributed by atoms with Gasteiger partial charge < -0.3 is 10.1 Å². The molecule has 100 valence electrons. The Bertz CT molecular complexity index is 389. The van der Waals surface area contributed by atoms with Crippen molar-refractivity contribution in [3.63, 3.8) is 0 Å². The lowest BCUT2D eigenvalue weighted by molar-refractivity contribution is 0.124. The van der Waals surface area contributed by atoms with Gasteiger partial charge in [-0.25, -0.2) is 9.37 Å². The molecule has 3 nitrogen and oxygen atoms in total. The van der Waals surface area contributed by atoms with Crippen molar-refractivity contribution in [2.45, 2.75) is 45.3 Å². The highest BCUT2D eigenvalue weighted by molar-refractivity contribution is 5.23. The van der Waals surface area contributed by atoms with E-state index in [0.29, 0.717) is 12.1 Å². The van der Waals surface area contributed by atoms with Crippen molar-refractivity contribution >= 4 is 0 Å². The summed E-state index contributed by atoms with van der Waals surface area (Å²) in [7, 11) is 1.79. The fourth-order valence-electron chi connectivity index (χ4n) is 2.38. The minimum atomic E-state index is -0.328. The largest absolute Gasteiger partial charge is 0.472 e. The van der Waals surface area contributed by atoms with E-state index in [9.17, 15) is 4.39 Å². The molecule has 1 aromatic rings. The van der Waals surface area contributed by atoms with E-state index in [4.69, 9.17) is 4.74 Å². The number of nitrogens with zero attached hydrogens (tertiary/aromatic N) is 1. The monoisotopic (exact) mass is 252 g/mol. The summed E-state index contributed by atoms with van der Waals surface area (Å²) < 4.78 is 19.8. The molecule has 1 aliphatic carbocycles. The van der Waals surface area contributed by atoms with Crippen molar-refractivity contribution in [2.75, 3.05) is 7.05 Å². The smallest absolute Gasteiger partial charge is 0.250 e. The molecule has 0 spiro atoms. The van der Waals surface area contributed by atoms with E-state index in [-0.39, 0.29) is 17.8 Å². The Morgan fingerprint density at radius 3 is 2.78 bits per heavy atom. The number of hydrogen-bond acceptors (Lipinski definition) is 3. The van der Waals surface area contributed by atoms with Gasteiger partial charge in [0.05, 0.1) is 0 Å². The summed E-state index contributed by atoms with van der Waals surface area (Å²) in [6.45, 7) is 2.75. The zero-order chi connectivity index (χ0) is 13.0. The number of aromatic nitrogens is 1. The van der Waals surface area contributed by atoms with Crippen molar-refractivity contribution < 1.29 is 9.13 Å². The molecule has 0 aliphatic heterocycles. The van der Waals surface area contributed by atoms with Crippen molar-refractivity contribution in [1.29, 1.82) is 0 Å². The lowest BCUT2D eigenvalue weighted by Crippen LogP contribution is -2.24. The van der Waals surface area contributed by atoms with Crippen LogP contribution in [0.4, 0.5) is 4.39 Å². The first-order valence-electron chi connectivity index (χ1n) is 6.65. The molecule has 0 unspecified atom stereocenters. The van der Waals surface area contributed by atoms with Crippen LogP contribution in [0.15, 0.2) is 12.3 Å². The molecule has 1 aromatic heterocycles. The van der Waals surface area contributed by atoms with Crippen LogP contribution in [0, 0.1) is 11.7 Å². The van der Waals surface area contributed by atoms with Gasteiger partial charge in [0.1, 0.15) is 6.10 Å². The number of pyridine rings is 1. The molecule has 0 amide bonds. The van der Waals surface area contributed by atoms with Gasteiger partial charge in [-0.3, -0.25) is 0 Å². The summed E-state index contributed by atoms with van der Waals surface area (Å²) in [4.78, 5) is 4.01. The number of rotatable bonds is 4. The van der Waals surface area contributed by atoms with E-state index < -0.39 is 0 Å². The summed E-state index contributed by atoms with van der Waals surface area (Å²) >= 11 is 0. The second-order valence-corrected chi connectivity index (χ2v) is 5.12. The third-order valence-corrected chi connectivity index (χ3v) is 3.55. The highest BCUT2D eigenvalue weighted by Crippen LogP contribution is 2.28. The van der Waals surface area contributed by atoms with Crippen molar-refractivity contribution in [1.82, 2.24) is 10.3 Å². The summed E-state index contributed by atoms with van der Waals surface area (Å²) in [5.41, 5.74) is 0.603. The molecule has 1 heterocycles. The maximum Gasteiger partial charge on any atom is 0.250 e. The van der Waals surface area contributed by atoms with Crippen LogP contribution >= 0.6 is 0 Å². The molecular weight excluding hydrogens is 231 g/mol. The average molecular weight is 252 g/mol. The molecule has 0 aromatic carbocycles. The Balaban J connectivity index is 2.02. The van der Waals surface area contributed by atoms with Crippen LogP contribution in [0.2, 0.25) is 0 Å². The molecule has 1 N–H and O–H groups in total. The minimum absolute atomic E-state index is 0.119. The van der Waals surface area contributed by atoms with Crippen molar-refractivity contribution in [3.8, 4) is 5.88 Å². The van der Waals surface area contributed by atoms with Gasteiger partial charge in [0.2, 0.25) is 0 Å². The maximum absolute atomic E-state index is 14.1. The quantitative estimate of drug-likeness (QED) is 0.894. The zero-order valence-corrected chi connectivity index (χ0v) is 11.1. The third kappa shape index (κ3) is 3.19. The highest BCUT2D eigenvalue weighted by Gasteiger charge is 2.21. The molecule has 0 atom stereocenters. The first-order chi connectivity index (χ1) is 8.70. The van der Waals surface area contributed by atoms with Gasteiger partial charge in [0, 0.05) is 18.3 Å². The zero-order valence-electron chi connectivity index (χ0n) is 11.1. The van der Waals surface area contributed by atoms with E-state index in [1.165, 1.54) is 0 Å². The topological polar surface area (TPSA) is 34.2 Å². The minimum Gasteiger partial charge on any atom is -0.472 e. The fraction of sp³-hybridized carbons (Fsp3) is 0.643. The van der Waals surface area contributed by atoms with Crippen LogP contribution in [0.1, 0.15) is 38.2 Å². The van der Waals surface area contributed by atoms with Crippen LogP contribution in [-0.4, -0.2) is 18.1 Å². The Labute approximate surface area is 108 Å². The summed E-state index contributed by atoms with van der Waals surface area (Å²) in [6, 6.07) is 1.68. The maximum atomic E-state index is 14.1. The molecule has 0 radical (unpaired) electrons. The molecule has 1 fully saturated rings. The predicted octanol–water partition coefficient (Wildman–Crippen LogP) is 2.90. The molecular formula is C14H21FN2O. The van der Waals surface area contributed by atoms with E-state index in [2.05, 4.69) is 17.2 Å². The first kappa shape index (κ1) is 13.3. The van der Waals surface area contributed by atoms with Crippen LogP contribution < -0.4 is 10.1 Å². The molecule has 2 rings (SSSR count). The van der Waals surface area contributed by atoms with Crippen LogP contribution in [0.5, 0.6) is 5.88 Å². The normalized spacial score (nSPS) is 23.9. The van der Waals surface area contributed by atoms with E-state index in [0.717, 1.165) is 31.6 Å². The number of halogens is 1. The number of ether oxygens (including phenoxy) is 1. The Morgan fingerprint density at radius 1 is 1.39 bits per heavy atom. The van der Waals surface area contributed by atoms with Gasteiger partial charge in [0.25, 0.3) is 5.88 Å². The van der Waals surface area contributed by atoms with Crippen LogP contribution in [0.3, 0.4) is 0 Å². The lowest BCUT2D eigenvalue weighted by atomic mass is 9.89. The van der Waals surface area contributed by atoms with Crippen molar-refractivity contribution in [2.24, 2.45) is 5.92 Å². The average Bonchev–Trinajstić information content (AvgIpc) is 2.37. The molecule has 0 saturated heterocycles. The molecule has 0 bridgehead atoms. The van der Waals surface area contributed by atoms with Gasteiger partial charge in [-0.2, -0.15) is 0 Å². The van der Waals surface area contributed by atoms with Gasteiger partial charge in [-0.15, -0.1) is 0 Å². The number of nitrogens with one attached hydrogen (secondary N) is 1. The first-order valence-corrected chi connectivity index (χ1v) is 6.65. The second kappa shape index (κ2) is 6.14. The lowest BCUT2D eigenvalue weighted by Gasteiger charge is -2.26. The van der Waals surface area contributed by atoms with Crippen LogP contribution in [-0.2, 0) is 6.54 Å². The second-order valence-electron chi connectivity index (χ2n) is 5.12. The molecule has 4 heteroatoms. The Morgan fingerprint density at radius 2 is 2.11 bits per heavy atom. The third-order valence-electron chi connectivity index (χ3n) is 3.55. The van der Waals surface area contributed by atoms with E-state index >= 15 is 0 Å². The van der Waals surface area contributed by atoms with Gasteiger partial charge in [-0.1, -0.05) is 6.92 Å². The van der Waals surface area contributed by atoms with Gasteiger partial charge in [0.15, 0.2) is 5.82 Å². The fourth-order valence-corrected chi connectivity index (χ4v) is 2.38. The summed E-state index contributed by atoms with van der Waals surface area (Å²) in [6.07, 6.45) is 6.03. The molecule has 1 aliphatic rings. The Kier molecular flexibility index (Phi) is 4.53. The van der Waals surface area contributed by atoms with Crippen LogP contribution in [0.25, 0.3) is 0 Å². The van der Waals surface area contributed by atoms with Gasteiger partial charge in [-0.05, 0) is 44.7 Å². The molecule has 18 heavy (non-hydrogen) atoms. The predicted molar refractivity (Wildman–Crippen MR) is 69.0 cm³/mol. The number of hydrogen-bond donors (Lipinski definition) is 1. The Hall–Kier alpha value is -1.16. The standard InChI is InChI=1S/C14H21FN2O/c1-10-3-5-12(6-4-10)18-14-13(15)11(9-16-2)7-8-17-14/h7-8,10,12,16H,3-6,9H2,1-2H3.